The van der Waals surface area contributed by atoms with Crippen LogP contribution < -0.4 is 5.43 Å². The van der Waals surface area contributed by atoms with Gasteiger partial charge in [-0.3, -0.25) is 4.79 Å². The predicted molar refractivity (Wildman–Crippen MR) is 129 cm³/mol. The highest BCUT2D eigenvalue weighted by atomic mass is 127. The van der Waals surface area contributed by atoms with E-state index in [9.17, 15) is 35.5 Å². The summed E-state index contributed by atoms with van der Waals surface area (Å²) in [5, 5.41) is 1.29. The highest BCUT2D eigenvalue weighted by Gasteiger charge is 2.73. The fourth-order valence-corrected chi connectivity index (χ4v) is 6.53. The molecule has 35 heavy (non-hydrogen) atoms. The van der Waals surface area contributed by atoms with Crippen molar-refractivity contribution in [3.8, 4) is 0 Å². The van der Waals surface area contributed by atoms with Crippen LogP contribution in [0, 0.1) is 6.92 Å². The molecule has 2 aromatic carbocycles. The molecule has 0 spiro atoms. The van der Waals surface area contributed by atoms with E-state index in [1.165, 1.54) is 23.7 Å². The standard InChI is InChI=1S/C23H22F7IN2OS/c1-12(2)35-14(4)32-33-19(34)16-7-5-6-8-18(16)20(33,31)17-10-9-15(11-13(17)3)21(24,22(25,26)27)23(28,29)30/h5-12,14,32H,1-4H3. The van der Waals surface area contributed by atoms with E-state index in [4.69, 9.17) is 0 Å². The van der Waals surface area contributed by atoms with Crippen molar-refractivity contribution in [3.63, 3.8) is 0 Å². The Morgan fingerprint density at radius 3 is 2.03 bits per heavy atom. The zero-order chi connectivity index (χ0) is 26.6. The molecule has 3 nitrogen and oxygen atoms in total. The summed E-state index contributed by atoms with van der Waals surface area (Å²) < 4.78 is 93.1. The Hall–Kier alpha value is -1.54. The van der Waals surface area contributed by atoms with Gasteiger partial charge >= 0.3 is 18.0 Å². The van der Waals surface area contributed by atoms with Gasteiger partial charge < -0.3 is 0 Å². The monoisotopic (exact) mass is 634 g/mol. The SMILES string of the molecule is Cc1cc(C(F)(C(F)(F)F)C(F)(F)F)ccc1C1(I)c2ccccc2C(=O)N1NC(C)SC(C)C. The average Bonchev–Trinajstić information content (AvgIpc) is 2.93. The third-order valence-electron chi connectivity index (χ3n) is 5.58. The first-order valence-corrected chi connectivity index (χ1v) is 12.5. The molecule has 0 fully saturated rings. The van der Waals surface area contributed by atoms with Crippen LogP contribution in [0.4, 0.5) is 30.7 Å². The Labute approximate surface area is 215 Å². The average molecular weight is 634 g/mol. The first kappa shape index (κ1) is 28.0. The molecule has 1 heterocycles. The normalized spacial score (nSPS) is 19.9. The fourth-order valence-electron chi connectivity index (χ4n) is 4.11. The number of alkyl halides is 8. The number of halogens is 8. The number of hydrazine groups is 1. The summed E-state index contributed by atoms with van der Waals surface area (Å²) in [6, 6.07) is 8.65. The number of aryl methyl sites for hydroxylation is 1. The van der Waals surface area contributed by atoms with Crippen molar-refractivity contribution >= 4 is 40.3 Å². The number of carbonyl (C=O) groups excluding carboxylic acids is 1. The third-order valence-corrected chi connectivity index (χ3v) is 8.28. The van der Waals surface area contributed by atoms with Crippen LogP contribution in [0.5, 0.6) is 0 Å². The van der Waals surface area contributed by atoms with Crippen LogP contribution in [0.1, 0.15) is 53.4 Å². The summed E-state index contributed by atoms with van der Waals surface area (Å²) in [6.07, 6.45) is -12.4. The molecule has 12 heteroatoms. The van der Waals surface area contributed by atoms with Gasteiger partial charge in [0.1, 0.15) is 0 Å². The van der Waals surface area contributed by atoms with Gasteiger partial charge in [0, 0.05) is 21.9 Å². The zero-order valence-electron chi connectivity index (χ0n) is 19.0. The summed E-state index contributed by atoms with van der Waals surface area (Å²) >= 11 is 3.48. The highest BCUT2D eigenvalue weighted by molar-refractivity contribution is 14.1. The molecule has 2 unspecified atom stereocenters. The van der Waals surface area contributed by atoms with Gasteiger partial charge in [0.15, 0.2) is 3.55 Å². The molecule has 0 saturated carbocycles. The van der Waals surface area contributed by atoms with Crippen LogP contribution in [-0.4, -0.2) is 33.9 Å². The Morgan fingerprint density at radius 2 is 1.51 bits per heavy atom. The van der Waals surface area contributed by atoms with E-state index in [0.29, 0.717) is 23.3 Å². The Balaban J connectivity index is 2.18. The number of fused-ring (bicyclic) bond motifs is 1. The van der Waals surface area contributed by atoms with Gasteiger partial charge in [0.25, 0.3) is 5.91 Å². The number of benzene rings is 2. The first-order valence-electron chi connectivity index (χ1n) is 10.4. The van der Waals surface area contributed by atoms with Crippen molar-refractivity contribution in [2.45, 2.75) is 59.9 Å². The van der Waals surface area contributed by atoms with Crippen molar-refractivity contribution in [3.05, 3.63) is 70.3 Å². The molecule has 192 valence electrons. The third kappa shape index (κ3) is 4.65. The molecule has 1 aliphatic rings. The maximum Gasteiger partial charge on any atom is 0.435 e. The second kappa shape index (κ2) is 9.40. The number of thioether (sulfide) groups is 1. The largest absolute Gasteiger partial charge is 0.435 e. The molecule has 0 aromatic heterocycles. The van der Waals surface area contributed by atoms with Crippen LogP contribution in [-0.2, 0) is 9.21 Å². The van der Waals surface area contributed by atoms with Crippen LogP contribution in [0.3, 0.4) is 0 Å². The van der Waals surface area contributed by atoms with E-state index >= 15 is 0 Å². The number of nitrogens with one attached hydrogen (secondary N) is 1. The van der Waals surface area contributed by atoms with Crippen molar-refractivity contribution in [1.82, 2.24) is 10.4 Å². The van der Waals surface area contributed by atoms with Gasteiger partial charge in [0.05, 0.1) is 5.37 Å². The van der Waals surface area contributed by atoms with E-state index in [0.717, 1.165) is 6.07 Å². The molecular formula is C23H22F7IN2OS. The van der Waals surface area contributed by atoms with Crippen LogP contribution in [0.25, 0.3) is 0 Å². The van der Waals surface area contributed by atoms with Gasteiger partial charge in [-0.25, -0.2) is 14.8 Å². The number of carbonyl (C=O) groups is 1. The van der Waals surface area contributed by atoms with Crippen LogP contribution in [0.15, 0.2) is 42.5 Å². The van der Waals surface area contributed by atoms with Crippen molar-refractivity contribution < 1.29 is 35.5 Å². The van der Waals surface area contributed by atoms with Gasteiger partial charge in [-0.1, -0.05) is 50.2 Å². The van der Waals surface area contributed by atoms with Gasteiger partial charge in [-0.15, -0.1) is 11.8 Å². The number of rotatable bonds is 6. The second-order valence-electron chi connectivity index (χ2n) is 8.45. The smallest absolute Gasteiger partial charge is 0.268 e. The van der Waals surface area contributed by atoms with Crippen molar-refractivity contribution in [2.24, 2.45) is 0 Å². The lowest BCUT2D eigenvalue weighted by molar-refractivity contribution is -0.348. The maximum absolute atomic E-state index is 14.7. The van der Waals surface area contributed by atoms with Gasteiger partial charge in [-0.2, -0.15) is 26.3 Å². The molecular weight excluding hydrogens is 612 g/mol. The Morgan fingerprint density at radius 1 is 0.943 bits per heavy atom. The van der Waals surface area contributed by atoms with E-state index in [-0.39, 0.29) is 21.8 Å². The maximum atomic E-state index is 14.7. The molecule has 1 amide bonds. The summed E-state index contributed by atoms with van der Waals surface area (Å²) in [5.41, 5.74) is -2.92. The molecule has 1 N–H and O–H groups in total. The van der Waals surface area contributed by atoms with E-state index in [2.05, 4.69) is 5.43 Å². The lowest BCUT2D eigenvalue weighted by atomic mass is 9.88. The molecule has 0 saturated heterocycles. The minimum Gasteiger partial charge on any atom is -0.268 e. The highest BCUT2D eigenvalue weighted by Crippen LogP contribution is 2.55. The quantitative estimate of drug-likeness (QED) is 0.119. The van der Waals surface area contributed by atoms with Crippen LogP contribution in [0.2, 0.25) is 0 Å². The molecule has 2 aromatic rings. The predicted octanol–water partition coefficient (Wildman–Crippen LogP) is 7.37. The van der Waals surface area contributed by atoms with E-state index < -0.39 is 33.0 Å². The van der Waals surface area contributed by atoms with Gasteiger partial charge in [0.2, 0.25) is 0 Å². The molecule has 2 atom stereocenters. The Bertz CT molecular complexity index is 1110. The number of hydrogen-bond acceptors (Lipinski definition) is 3. The molecule has 3 rings (SSSR count). The second-order valence-corrected chi connectivity index (χ2v) is 11.9. The summed E-state index contributed by atoms with van der Waals surface area (Å²) in [6.45, 7) is 7.06. The van der Waals surface area contributed by atoms with Crippen LogP contribution >= 0.6 is 34.4 Å². The molecule has 0 bridgehead atoms. The summed E-state index contributed by atoms with van der Waals surface area (Å²) in [7, 11) is 0. The number of nitrogens with zero attached hydrogens (tertiary/aromatic N) is 1. The minimum absolute atomic E-state index is 0.0344. The van der Waals surface area contributed by atoms with Gasteiger partial charge in [-0.05, 0) is 53.6 Å². The zero-order valence-corrected chi connectivity index (χ0v) is 22.0. The number of amides is 1. The van der Waals surface area contributed by atoms with Crippen molar-refractivity contribution in [1.29, 1.82) is 0 Å². The molecule has 1 aliphatic heterocycles. The minimum atomic E-state index is -6.21. The van der Waals surface area contributed by atoms with E-state index in [1.807, 2.05) is 43.4 Å². The van der Waals surface area contributed by atoms with E-state index in [1.54, 1.807) is 24.3 Å². The fraction of sp³-hybridized carbons (Fsp3) is 0.435. The van der Waals surface area contributed by atoms with Crippen molar-refractivity contribution in [2.75, 3.05) is 0 Å². The molecule has 0 radical (unpaired) electrons. The summed E-state index contributed by atoms with van der Waals surface area (Å²) in [4.78, 5) is 13.3. The first-order chi connectivity index (χ1) is 16.0. The Kier molecular flexibility index (Phi) is 7.53. The lowest BCUT2D eigenvalue weighted by Crippen LogP contribution is -2.52. The topological polar surface area (TPSA) is 32.3 Å². The summed E-state index contributed by atoms with van der Waals surface area (Å²) in [5.74, 6) is -0.403. The molecule has 0 aliphatic carbocycles. The number of hydrogen-bond donors (Lipinski definition) is 1. The lowest BCUT2D eigenvalue weighted by Gasteiger charge is -2.38.